The summed E-state index contributed by atoms with van der Waals surface area (Å²) in [6.45, 7) is 16.0. The lowest BCUT2D eigenvalue weighted by Gasteiger charge is -2.13. The highest BCUT2D eigenvalue weighted by molar-refractivity contribution is 6.28. The molecule has 0 atom stereocenters. The average Bonchev–Trinajstić information content (AvgIpc) is 3.91. The zero-order chi connectivity index (χ0) is 40.8. The Morgan fingerprint density at radius 3 is 0.793 bits per heavy atom. The van der Waals surface area contributed by atoms with Crippen LogP contribution in [-0.4, -0.2) is 0 Å². The second kappa shape index (κ2) is 17.9. The summed E-state index contributed by atoms with van der Waals surface area (Å²) in [7, 11) is 0. The highest BCUT2D eigenvalue weighted by Gasteiger charge is 2.23. The molecule has 0 saturated carbocycles. The van der Waals surface area contributed by atoms with E-state index < -0.39 is 0 Å². The summed E-state index contributed by atoms with van der Waals surface area (Å²) in [6.07, 6.45) is 2.07. The molecule has 288 valence electrons. The second-order valence-electron chi connectivity index (χ2n) is 13.9. The minimum atomic E-state index is 1.03. The predicted molar refractivity (Wildman–Crippen MR) is 260 cm³/mol. The molecule has 0 spiro atoms. The van der Waals surface area contributed by atoms with Gasteiger partial charge in [0.15, 0.2) is 0 Å². The maximum atomic E-state index is 2.32. The SMILES string of the molecule is CC.CC.CC.CC.c1ccc2c(c1)Cc1c-2ccc2c3ccccc3c3ccccc3c12.c1ccc2c(c1)Cc1c-2ccc2c3ccccc3c3ccccc3c12. The molecule has 10 aromatic rings. The van der Waals surface area contributed by atoms with Crippen LogP contribution in [0, 0.1) is 0 Å². The predicted octanol–water partition coefficient (Wildman–Crippen LogP) is 17.5. The van der Waals surface area contributed by atoms with Crippen LogP contribution in [0.1, 0.15) is 77.6 Å². The first-order valence-electron chi connectivity index (χ1n) is 21.7. The van der Waals surface area contributed by atoms with Gasteiger partial charge in [0, 0.05) is 0 Å². The summed E-state index contributed by atoms with van der Waals surface area (Å²) in [5.74, 6) is 0. The third-order valence-electron chi connectivity index (χ3n) is 11.4. The van der Waals surface area contributed by atoms with Crippen LogP contribution < -0.4 is 0 Å². The number of hydrogen-bond acceptors (Lipinski definition) is 0. The van der Waals surface area contributed by atoms with Gasteiger partial charge in [-0.3, -0.25) is 0 Å². The molecule has 2 aliphatic carbocycles. The van der Waals surface area contributed by atoms with Crippen LogP contribution >= 0.6 is 0 Å². The monoisotopic (exact) mass is 752 g/mol. The van der Waals surface area contributed by atoms with Crippen molar-refractivity contribution in [3.8, 4) is 22.3 Å². The van der Waals surface area contributed by atoms with Gasteiger partial charge in [-0.2, -0.15) is 0 Å². The van der Waals surface area contributed by atoms with Crippen LogP contribution in [-0.2, 0) is 12.8 Å². The molecule has 0 nitrogen and oxygen atoms in total. The fraction of sp³-hybridized carbons (Fsp3) is 0.172. The van der Waals surface area contributed by atoms with Gasteiger partial charge >= 0.3 is 0 Å². The fourth-order valence-corrected chi connectivity index (χ4v) is 9.26. The standard InChI is InChI=1S/2C25H16.4C2H6/c2*1-2-8-17-16(7-1)15-24-21(17)13-14-23-20-11-4-3-9-18(20)19-10-5-6-12-22(19)25(23)24;4*1-2/h2*1-14H,15H2;4*1-2H3. The van der Waals surface area contributed by atoms with E-state index in [1.807, 2.05) is 55.4 Å². The highest BCUT2D eigenvalue weighted by Crippen LogP contribution is 2.46. The molecule has 10 aromatic carbocycles. The normalized spacial score (nSPS) is 11.3. The van der Waals surface area contributed by atoms with E-state index in [9.17, 15) is 0 Å². The highest BCUT2D eigenvalue weighted by atomic mass is 14.3. The van der Waals surface area contributed by atoms with E-state index in [1.54, 1.807) is 0 Å². The van der Waals surface area contributed by atoms with Crippen molar-refractivity contribution in [3.63, 3.8) is 0 Å². The van der Waals surface area contributed by atoms with E-state index >= 15 is 0 Å². The summed E-state index contributed by atoms with van der Waals surface area (Å²) in [5, 5.41) is 16.5. The van der Waals surface area contributed by atoms with Crippen LogP contribution in [0.15, 0.2) is 170 Å². The zero-order valence-electron chi connectivity index (χ0n) is 35.6. The molecule has 2 aliphatic rings. The number of fused-ring (bicyclic) bond motifs is 20. The fourth-order valence-electron chi connectivity index (χ4n) is 9.26. The van der Waals surface area contributed by atoms with Gasteiger partial charge in [0.2, 0.25) is 0 Å². The Hall–Kier alpha value is -6.24. The van der Waals surface area contributed by atoms with Crippen molar-refractivity contribution in [2.45, 2.75) is 68.2 Å². The van der Waals surface area contributed by atoms with Crippen molar-refractivity contribution in [2.75, 3.05) is 0 Å². The van der Waals surface area contributed by atoms with E-state index in [0.29, 0.717) is 0 Å². The molecule has 0 amide bonds. The molecule has 0 fully saturated rings. The third kappa shape index (κ3) is 6.61. The Kier molecular flexibility index (Phi) is 12.3. The molecule has 0 saturated heterocycles. The van der Waals surface area contributed by atoms with Crippen molar-refractivity contribution < 1.29 is 0 Å². The van der Waals surface area contributed by atoms with Gasteiger partial charge in [0.25, 0.3) is 0 Å². The van der Waals surface area contributed by atoms with Crippen molar-refractivity contribution in [3.05, 3.63) is 192 Å². The van der Waals surface area contributed by atoms with Crippen LogP contribution in [0.25, 0.3) is 86.9 Å². The Morgan fingerprint density at radius 2 is 0.466 bits per heavy atom. The molecule has 0 heteroatoms. The lowest BCUT2D eigenvalue weighted by Crippen LogP contribution is -1.89. The van der Waals surface area contributed by atoms with E-state index in [4.69, 9.17) is 0 Å². The van der Waals surface area contributed by atoms with E-state index in [-0.39, 0.29) is 0 Å². The first kappa shape index (κ1) is 40.0. The first-order chi connectivity index (χ1) is 28.8. The molecule has 0 aliphatic heterocycles. The lowest BCUT2D eigenvalue weighted by atomic mass is 9.90. The smallest absolute Gasteiger partial charge is 0.000706 e. The topological polar surface area (TPSA) is 0 Å². The minimum absolute atomic E-state index is 1.03. The number of hydrogen-bond donors (Lipinski definition) is 0. The number of rotatable bonds is 0. The third-order valence-corrected chi connectivity index (χ3v) is 11.4. The summed E-state index contributed by atoms with van der Waals surface area (Å²) >= 11 is 0. The van der Waals surface area contributed by atoms with E-state index in [1.165, 1.54) is 109 Å². The van der Waals surface area contributed by atoms with Crippen molar-refractivity contribution in [1.29, 1.82) is 0 Å². The van der Waals surface area contributed by atoms with Gasteiger partial charge in [-0.15, -0.1) is 0 Å². The Bertz CT molecular complexity index is 2750. The van der Waals surface area contributed by atoms with E-state index in [2.05, 4.69) is 170 Å². The Balaban J connectivity index is 0.000000151. The van der Waals surface area contributed by atoms with Crippen molar-refractivity contribution >= 4 is 64.6 Å². The Morgan fingerprint density at radius 1 is 0.224 bits per heavy atom. The molecular formula is C58H56. The second-order valence-corrected chi connectivity index (χ2v) is 13.9. The largest absolute Gasteiger partial charge is 0.0683 e. The van der Waals surface area contributed by atoms with Crippen molar-refractivity contribution in [2.24, 2.45) is 0 Å². The molecule has 0 aromatic heterocycles. The molecule has 0 heterocycles. The zero-order valence-corrected chi connectivity index (χ0v) is 35.6. The molecule has 12 rings (SSSR count). The summed E-state index contributed by atoms with van der Waals surface area (Å²) in [4.78, 5) is 0. The van der Waals surface area contributed by atoms with Gasteiger partial charge in [0.1, 0.15) is 0 Å². The van der Waals surface area contributed by atoms with Gasteiger partial charge in [0.05, 0.1) is 0 Å². The van der Waals surface area contributed by atoms with Crippen LogP contribution in [0.5, 0.6) is 0 Å². The molecule has 0 unspecified atom stereocenters. The summed E-state index contributed by atoms with van der Waals surface area (Å²) < 4.78 is 0. The molecule has 0 radical (unpaired) electrons. The summed E-state index contributed by atoms with van der Waals surface area (Å²) in [6, 6.07) is 62.3. The maximum Gasteiger partial charge on any atom is -0.000706 e. The first-order valence-corrected chi connectivity index (χ1v) is 21.7. The van der Waals surface area contributed by atoms with Gasteiger partial charge in [-0.05, 0) is 122 Å². The molecule has 0 N–H and O–H groups in total. The van der Waals surface area contributed by atoms with Crippen molar-refractivity contribution in [1.82, 2.24) is 0 Å². The molecule has 58 heavy (non-hydrogen) atoms. The van der Waals surface area contributed by atoms with Crippen LogP contribution in [0.4, 0.5) is 0 Å². The quantitative estimate of drug-likeness (QED) is 0.135. The lowest BCUT2D eigenvalue weighted by molar-refractivity contribution is 1.29. The molecular weight excluding hydrogens is 697 g/mol. The summed E-state index contributed by atoms with van der Waals surface area (Å²) in [5.41, 5.74) is 11.5. The molecule has 0 bridgehead atoms. The average molecular weight is 753 g/mol. The van der Waals surface area contributed by atoms with Gasteiger partial charge in [-0.1, -0.05) is 225 Å². The van der Waals surface area contributed by atoms with Gasteiger partial charge < -0.3 is 0 Å². The van der Waals surface area contributed by atoms with Gasteiger partial charge in [-0.25, -0.2) is 0 Å². The minimum Gasteiger partial charge on any atom is -0.0683 e. The van der Waals surface area contributed by atoms with Crippen LogP contribution in [0.2, 0.25) is 0 Å². The van der Waals surface area contributed by atoms with E-state index in [0.717, 1.165) is 12.8 Å². The Labute approximate surface area is 345 Å². The van der Waals surface area contributed by atoms with Crippen LogP contribution in [0.3, 0.4) is 0 Å². The maximum absolute atomic E-state index is 2.32. The number of benzene rings is 10.